The Labute approximate surface area is 126 Å². The van der Waals surface area contributed by atoms with Gasteiger partial charge in [-0.15, -0.1) is 0 Å². The highest BCUT2D eigenvalue weighted by atomic mass is 35.5. The Morgan fingerprint density at radius 3 is 2.89 bits per heavy atom. The minimum atomic E-state index is 0.648. The van der Waals surface area contributed by atoms with Crippen LogP contribution in [0.4, 0.5) is 0 Å². The molecule has 0 bridgehead atoms. The number of benzene rings is 1. The van der Waals surface area contributed by atoms with Crippen LogP contribution in [0.3, 0.4) is 0 Å². The summed E-state index contributed by atoms with van der Waals surface area (Å²) in [5.74, 6) is 0.756. The van der Waals surface area contributed by atoms with Gasteiger partial charge in [-0.25, -0.2) is 0 Å². The van der Waals surface area contributed by atoms with Crippen molar-refractivity contribution < 1.29 is 0 Å². The van der Waals surface area contributed by atoms with Crippen LogP contribution in [-0.4, -0.2) is 31.1 Å². The number of hydrogen-bond donors (Lipinski definition) is 1. The predicted molar refractivity (Wildman–Crippen MR) is 83.0 cm³/mol. The van der Waals surface area contributed by atoms with Gasteiger partial charge in [-0.1, -0.05) is 42.3 Å². The zero-order valence-electron chi connectivity index (χ0n) is 11.5. The molecule has 1 N–H and O–H groups in total. The largest absolute Gasteiger partial charge is 0.316 e. The summed E-state index contributed by atoms with van der Waals surface area (Å²) < 4.78 is 0. The Bertz CT molecular complexity index is 403. The van der Waals surface area contributed by atoms with Crippen molar-refractivity contribution in [3.63, 3.8) is 0 Å². The average molecular weight is 301 g/mol. The average Bonchev–Trinajstić information content (AvgIpc) is 2.44. The van der Waals surface area contributed by atoms with Crippen LogP contribution in [0.15, 0.2) is 18.2 Å². The lowest BCUT2D eigenvalue weighted by Crippen LogP contribution is -2.38. The molecule has 1 aromatic rings. The molecule has 1 unspecified atom stereocenters. The highest BCUT2D eigenvalue weighted by molar-refractivity contribution is 6.42. The summed E-state index contributed by atoms with van der Waals surface area (Å²) >= 11 is 12.3. The number of halogens is 2. The van der Waals surface area contributed by atoms with Crippen molar-refractivity contribution in [2.24, 2.45) is 5.92 Å². The smallest absolute Gasteiger partial charge is 0.0637 e. The lowest BCUT2D eigenvalue weighted by atomic mass is 9.99. The molecule has 2 rings (SSSR count). The van der Waals surface area contributed by atoms with Gasteiger partial charge < -0.3 is 5.32 Å². The van der Waals surface area contributed by atoms with E-state index in [0.29, 0.717) is 10.0 Å². The van der Waals surface area contributed by atoms with Crippen LogP contribution in [0, 0.1) is 5.92 Å². The van der Waals surface area contributed by atoms with Gasteiger partial charge in [-0.2, -0.15) is 0 Å². The third kappa shape index (κ3) is 4.35. The quantitative estimate of drug-likeness (QED) is 0.889. The summed E-state index contributed by atoms with van der Waals surface area (Å²) in [6.45, 7) is 7.56. The summed E-state index contributed by atoms with van der Waals surface area (Å²) in [4.78, 5) is 2.45. The maximum absolute atomic E-state index is 6.27. The molecule has 106 valence electrons. The number of hydrogen-bond acceptors (Lipinski definition) is 2. The van der Waals surface area contributed by atoms with Gasteiger partial charge in [0.2, 0.25) is 0 Å². The first-order valence-corrected chi connectivity index (χ1v) is 7.82. The Hall–Kier alpha value is -0.280. The molecule has 1 heterocycles. The predicted octanol–water partition coefficient (Wildman–Crippen LogP) is 3.81. The first kappa shape index (κ1) is 15.1. The normalized spacial score (nSPS) is 19.9. The molecule has 0 amide bonds. The van der Waals surface area contributed by atoms with Gasteiger partial charge in [0.05, 0.1) is 10.0 Å². The van der Waals surface area contributed by atoms with Gasteiger partial charge >= 0.3 is 0 Å². The van der Waals surface area contributed by atoms with Crippen LogP contribution in [0.2, 0.25) is 10.0 Å². The molecule has 0 radical (unpaired) electrons. The zero-order chi connectivity index (χ0) is 13.7. The third-order valence-electron chi connectivity index (χ3n) is 3.79. The summed E-state index contributed by atoms with van der Waals surface area (Å²) in [6, 6.07) is 5.88. The first-order chi connectivity index (χ1) is 9.20. The molecule has 1 saturated heterocycles. The Balaban J connectivity index is 1.96. The minimum absolute atomic E-state index is 0.648. The van der Waals surface area contributed by atoms with Gasteiger partial charge in [-0.05, 0) is 50.0 Å². The summed E-state index contributed by atoms with van der Waals surface area (Å²) in [5, 5.41) is 4.82. The molecule has 1 aromatic carbocycles. The van der Waals surface area contributed by atoms with Crippen LogP contribution in [0.25, 0.3) is 0 Å². The van der Waals surface area contributed by atoms with Gasteiger partial charge in [0, 0.05) is 13.1 Å². The van der Waals surface area contributed by atoms with Crippen molar-refractivity contribution in [1.29, 1.82) is 0 Å². The van der Waals surface area contributed by atoms with E-state index in [1.54, 1.807) is 0 Å². The van der Waals surface area contributed by atoms with E-state index in [-0.39, 0.29) is 0 Å². The molecule has 1 aliphatic heterocycles. The number of piperidine rings is 1. The lowest BCUT2D eigenvalue weighted by molar-refractivity contribution is 0.210. The summed E-state index contributed by atoms with van der Waals surface area (Å²) in [7, 11) is 0. The third-order valence-corrected chi connectivity index (χ3v) is 4.65. The fourth-order valence-corrected chi connectivity index (χ4v) is 3.04. The van der Waals surface area contributed by atoms with Gasteiger partial charge in [0.15, 0.2) is 0 Å². The Kier molecular flexibility index (Phi) is 5.96. The SMILES string of the molecule is CCN(Cc1cccc(Cl)c1Cl)CC1CCCNC1. The Morgan fingerprint density at radius 2 is 2.21 bits per heavy atom. The highest BCUT2D eigenvalue weighted by Crippen LogP contribution is 2.26. The second kappa shape index (κ2) is 7.49. The fraction of sp³-hybridized carbons (Fsp3) is 0.600. The molecular formula is C15H22Cl2N2. The topological polar surface area (TPSA) is 15.3 Å². The zero-order valence-corrected chi connectivity index (χ0v) is 13.0. The molecule has 1 atom stereocenters. The molecule has 0 aromatic heterocycles. The molecule has 0 aliphatic carbocycles. The molecular weight excluding hydrogens is 279 g/mol. The Morgan fingerprint density at radius 1 is 1.37 bits per heavy atom. The number of nitrogens with zero attached hydrogens (tertiary/aromatic N) is 1. The molecule has 0 saturated carbocycles. The second-order valence-corrected chi connectivity index (χ2v) is 6.04. The molecule has 19 heavy (non-hydrogen) atoms. The second-order valence-electron chi connectivity index (χ2n) is 5.25. The van der Waals surface area contributed by atoms with Crippen LogP contribution in [0.5, 0.6) is 0 Å². The fourth-order valence-electron chi connectivity index (χ4n) is 2.66. The van der Waals surface area contributed by atoms with Crippen LogP contribution < -0.4 is 5.32 Å². The van der Waals surface area contributed by atoms with Crippen molar-refractivity contribution in [2.45, 2.75) is 26.3 Å². The van der Waals surface area contributed by atoms with Crippen molar-refractivity contribution in [1.82, 2.24) is 10.2 Å². The van der Waals surface area contributed by atoms with Crippen molar-refractivity contribution >= 4 is 23.2 Å². The van der Waals surface area contributed by atoms with Crippen LogP contribution in [0.1, 0.15) is 25.3 Å². The highest BCUT2D eigenvalue weighted by Gasteiger charge is 2.17. The van der Waals surface area contributed by atoms with Crippen molar-refractivity contribution in [3.05, 3.63) is 33.8 Å². The first-order valence-electron chi connectivity index (χ1n) is 7.06. The molecule has 4 heteroatoms. The molecule has 1 aliphatic rings. The maximum Gasteiger partial charge on any atom is 0.0637 e. The van der Waals surface area contributed by atoms with E-state index >= 15 is 0 Å². The van der Waals surface area contributed by atoms with Crippen molar-refractivity contribution in [2.75, 3.05) is 26.2 Å². The standard InChI is InChI=1S/C15H22Cl2N2/c1-2-19(10-12-5-4-8-18-9-12)11-13-6-3-7-14(16)15(13)17/h3,6-7,12,18H,2,4-5,8-11H2,1H3. The summed E-state index contributed by atoms with van der Waals surface area (Å²) in [6.07, 6.45) is 2.62. The van der Waals surface area contributed by atoms with E-state index in [0.717, 1.165) is 37.7 Å². The maximum atomic E-state index is 6.27. The molecule has 0 spiro atoms. The van der Waals surface area contributed by atoms with Crippen molar-refractivity contribution in [3.8, 4) is 0 Å². The number of nitrogens with one attached hydrogen (secondary N) is 1. The van der Waals surface area contributed by atoms with E-state index in [2.05, 4.69) is 23.2 Å². The monoisotopic (exact) mass is 300 g/mol. The van der Waals surface area contributed by atoms with E-state index in [9.17, 15) is 0 Å². The van der Waals surface area contributed by atoms with E-state index < -0.39 is 0 Å². The minimum Gasteiger partial charge on any atom is -0.316 e. The van der Waals surface area contributed by atoms with Crippen LogP contribution >= 0.6 is 23.2 Å². The molecule has 2 nitrogen and oxygen atoms in total. The lowest BCUT2D eigenvalue weighted by Gasteiger charge is -2.29. The van der Waals surface area contributed by atoms with Gasteiger partial charge in [0.1, 0.15) is 0 Å². The summed E-state index contributed by atoms with van der Waals surface area (Å²) in [5.41, 5.74) is 1.12. The molecule has 1 fully saturated rings. The van der Waals surface area contributed by atoms with Gasteiger partial charge in [0.25, 0.3) is 0 Å². The van der Waals surface area contributed by atoms with Gasteiger partial charge in [-0.3, -0.25) is 4.90 Å². The van der Waals surface area contributed by atoms with E-state index in [1.165, 1.54) is 19.4 Å². The number of rotatable bonds is 5. The van der Waals surface area contributed by atoms with E-state index in [4.69, 9.17) is 23.2 Å². The van der Waals surface area contributed by atoms with E-state index in [1.807, 2.05) is 12.1 Å². The van der Waals surface area contributed by atoms with Crippen LogP contribution in [-0.2, 0) is 6.54 Å².